The first-order valence-electron chi connectivity index (χ1n) is 9.45. The lowest BCUT2D eigenvalue weighted by molar-refractivity contribution is -0.132. The first kappa shape index (κ1) is 18.2. The van der Waals surface area contributed by atoms with Crippen molar-refractivity contribution in [2.24, 2.45) is 5.41 Å². The summed E-state index contributed by atoms with van der Waals surface area (Å²) in [7, 11) is 1.31. The molecule has 0 saturated heterocycles. The fourth-order valence-corrected chi connectivity index (χ4v) is 3.76. The molecule has 6 nitrogen and oxygen atoms in total. The number of hydrogen-bond acceptors (Lipinski definition) is 4. The van der Waals surface area contributed by atoms with Gasteiger partial charge >= 0.3 is 5.97 Å². The number of para-hydroxylation sites is 1. The molecule has 144 valence electrons. The van der Waals surface area contributed by atoms with Crippen LogP contribution in [0.1, 0.15) is 35.2 Å². The lowest BCUT2D eigenvalue weighted by atomic mass is 9.97. The van der Waals surface area contributed by atoms with Gasteiger partial charge in [-0.05, 0) is 55.5 Å². The third-order valence-corrected chi connectivity index (χ3v) is 5.49. The van der Waals surface area contributed by atoms with Gasteiger partial charge in [-0.1, -0.05) is 24.3 Å². The van der Waals surface area contributed by atoms with Crippen LogP contribution in [0.4, 0.5) is 11.4 Å². The van der Waals surface area contributed by atoms with E-state index in [1.165, 1.54) is 7.11 Å². The molecule has 2 aromatic carbocycles. The summed E-state index contributed by atoms with van der Waals surface area (Å²) in [5.41, 5.74) is 1.85. The van der Waals surface area contributed by atoms with E-state index in [0.29, 0.717) is 30.6 Å². The highest BCUT2D eigenvalue weighted by Crippen LogP contribution is 2.49. The SMILES string of the molecule is COC(=O)c1cccc(NC(=O)C2(C(=O)N3CCCc4ccccc43)CC2)c1. The summed E-state index contributed by atoms with van der Waals surface area (Å²) in [5, 5.41) is 2.81. The first-order chi connectivity index (χ1) is 13.5. The maximum atomic E-state index is 13.3. The largest absolute Gasteiger partial charge is 0.465 e. The molecule has 1 heterocycles. The number of nitrogens with one attached hydrogen (secondary N) is 1. The van der Waals surface area contributed by atoms with E-state index in [2.05, 4.69) is 5.32 Å². The van der Waals surface area contributed by atoms with Gasteiger partial charge in [0.2, 0.25) is 11.8 Å². The van der Waals surface area contributed by atoms with E-state index in [1.54, 1.807) is 29.2 Å². The molecule has 1 fully saturated rings. The van der Waals surface area contributed by atoms with Crippen molar-refractivity contribution in [2.75, 3.05) is 23.9 Å². The predicted molar refractivity (Wildman–Crippen MR) is 105 cm³/mol. The second kappa shape index (κ2) is 7.11. The van der Waals surface area contributed by atoms with Gasteiger partial charge in [0, 0.05) is 17.9 Å². The Morgan fingerprint density at radius 2 is 1.86 bits per heavy atom. The smallest absolute Gasteiger partial charge is 0.337 e. The Hall–Kier alpha value is -3.15. The van der Waals surface area contributed by atoms with E-state index in [9.17, 15) is 14.4 Å². The lowest BCUT2D eigenvalue weighted by Gasteiger charge is -2.32. The number of benzene rings is 2. The molecule has 0 spiro atoms. The zero-order valence-electron chi connectivity index (χ0n) is 15.7. The summed E-state index contributed by atoms with van der Waals surface area (Å²) < 4.78 is 4.71. The fourth-order valence-electron chi connectivity index (χ4n) is 3.76. The number of anilines is 2. The third kappa shape index (κ3) is 3.15. The zero-order valence-corrected chi connectivity index (χ0v) is 15.7. The van der Waals surface area contributed by atoms with Crippen LogP contribution in [-0.2, 0) is 20.7 Å². The molecule has 0 atom stereocenters. The summed E-state index contributed by atoms with van der Waals surface area (Å²) in [6.45, 7) is 0.628. The Kier molecular flexibility index (Phi) is 4.63. The molecule has 4 rings (SSSR count). The molecule has 0 bridgehead atoms. The van der Waals surface area contributed by atoms with E-state index >= 15 is 0 Å². The number of ether oxygens (including phenoxy) is 1. The fraction of sp³-hybridized carbons (Fsp3) is 0.318. The van der Waals surface area contributed by atoms with E-state index < -0.39 is 11.4 Å². The lowest BCUT2D eigenvalue weighted by Crippen LogP contribution is -2.45. The molecule has 6 heteroatoms. The van der Waals surface area contributed by atoms with Gasteiger partial charge in [0.05, 0.1) is 12.7 Å². The molecule has 1 aliphatic carbocycles. The van der Waals surface area contributed by atoms with Gasteiger partial charge in [-0.3, -0.25) is 9.59 Å². The standard InChI is InChI=1S/C22H22N2O4/c1-28-19(25)16-7-4-9-17(14-16)23-20(26)22(11-12-22)21(27)24-13-5-8-15-6-2-3-10-18(15)24/h2-4,6-7,9-10,14H,5,8,11-13H2,1H3,(H,23,26). The van der Waals surface area contributed by atoms with Crippen LogP contribution < -0.4 is 10.2 Å². The molecule has 0 radical (unpaired) electrons. The Morgan fingerprint density at radius 1 is 1.07 bits per heavy atom. The number of carbonyl (C=O) groups is 3. The summed E-state index contributed by atoms with van der Waals surface area (Å²) in [4.78, 5) is 39.7. The number of esters is 1. The molecule has 0 aromatic heterocycles. The minimum atomic E-state index is -1.02. The number of fused-ring (bicyclic) bond motifs is 1. The van der Waals surface area contributed by atoms with Crippen molar-refractivity contribution in [2.45, 2.75) is 25.7 Å². The van der Waals surface area contributed by atoms with Crippen LogP contribution in [-0.4, -0.2) is 31.4 Å². The van der Waals surface area contributed by atoms with Crippen molar-refractivity contribution in [3.63, 3.8) is 0 Å². The predicted octanol–water partition coefficient (Wildman–Crippen LogP) is 3.17. The van der Waals surface area contributed by atoms with E-state index in [4.69, 9.17) is 4.74 Å². The maximum absolute atomic E-state index is 13.3. The molecule has 1 saturated carbocycles. The van der Waals surface area contributed by atoms with Crippen LogP contribution in [0.3, 0.4) is 0 Å². The Morgan fingerprint density at radius 3 is 2.61 bits per heavy atom. The third-order valence-electron chi connectivity index (χ3n) is 5.49. The molecule has 28 heavy (non-hydrogen) atoms. The first-order valence-corrected chi connectivity index (χ1v) is 9.45. The van der Waals surface area contributed by atoms with Crippen LogP contribution >= 0.6 is 0 Å². The summed E-state index contributed by atoms with van der Waals surface area (Å²) in [5.74, 6) is -0.929. The minimum Gasteiger partial charge on any atom is -0.465 e. The molecule has 2 aromatic rings. The minimum absolute atomic E-state index is 0.138. The highest BCUT2D eigenvalue weighted by Gasteiger charge is 2.58. The van der Waals surface area contributed by atoms with Gasteiger partial charge in [-0.2, -0.15) is 0 Å². The second-order valence-corrected chi connectivity index (χ2v) is 7.30. The van der Waals surface area contributed by atoms with Gasteiger partial charge < -0.3 is 15.0 Å². The maximum Gasteiger partial charge on any atom is 0.337 e. The Balaban J connectivity index is 1.54. The monoisotopic (exact) mass is 378 g/mol. The number of rotatable bonds is 4. The Bertz CT molecular complexity index is 949. The van der Waals surface area contributed by atoms with Crippen molar-refractivity contribution in [1.29, 1.82) is 0 Å². The number of nitrogens with zero attached hydrogens (tertiary/aromatic N) is 1. The average Bonchev–Trinajstić information content (AvgIpc) is 3.54. The van der Waals surface area contributed by atoms with E-state index in [-0.39, 0.29) is 11.8 Å². The van der Waals surface area contributed by atoms with Gasteiger partial charge in [0.25, 0.3) is 0 Å². The highest BCUT2D eigenvalue weighted by molar-refractivity contribution is 6.18. The molecule has 1 aliphatic heterocycles. The normalized spacial score (nSPS) is 16.7. The van der Waals surface area contributed by atoms with Crippen molar-refractivity contribution in [3.8, 4) is 0 Å². The van der Waals surface area contributed by atoms with Crippen LogP contribution in [0.2, 0.25) is 0 Å². The molecule has 2 aliphatic rings. The number of hydrogen-bond donors (Lipinski definition) is 1. The quantitative estimate of drug-likeness (QED) is 0.655. The van der Waals surface area contributed by atoms with E-state index in [1.807, 2.05) is 24.3 Å². The summed E-state index contributed by atoms with van der Waals surface area (Å²) in [6, 6.07) is 14.4. The van der Waals surface area contributed by atoms with Crippen LogP contribution in [0.25, 0.3) is 0 Å². The number of carbonyl (C=O) groups excluding carboxylic acids is 3. The number of amides is 2. The second-order valence-electron chi connectivity index (χ2n) is 7.30. The van der Waals surface area contributed by atoms with Crippen LogP contribution in [0, 0.1) is 5.41 Å². The van der Waals surface area contributed by atoms with Crippen molar-refractivity contribution >= 4 is 29.2 Å². The molecular weight excluding hydrogens is 356 g/mol. The number of methoxy groups -OCH3 is 1. The number of aryl methyl sites for hydroxylation is 1. The van der Waals surface area contributed by atoms with Gasteiger partial charge in [0.15, 0.2) is 0 Å². The summed E-state index contributed by atoms with van der Waals surface area (Å²) >= 11 is 0. The van der Waals surface area contributed by atoms with Gasteiger partial charge in [-0.15, -0.1) is 0 Å². The van der Waals surface area contributed by atoms with Crippen LogP contribution in [0.15, 0.2) is 48.5 Å². The molecule has 1 N–H and O–H groups in total. The van der Waals surface area contributed by atoms with Gasteiger partial charge in [-0.25, -0.2) is 4.79 Å². The van der Waals surface area contributed by atoms with Crippen molar-refractivity contribution in [1.82, 2.24) is 0 Å². The Labute approximate surface area is 163 Å². The topological polar surface area (TPSA) is 75.7 Å². The highest BCUT2D eigenvalue weighted by atomic mass is 16.5. The molecule has 0 unspecified atom stereocenters. The van der Waals surface area contributed by atoms with E-state index in [0.717, 1.165) is 24.1 Å². The van der Waals surface area contributed by atoms with Gasteiger partial charge in [0.1, 0.15) is 5.41 Å². The summed E-state index contributed by atoms with van der Waals surface area (Å²) in [6.07, 6.45) is 2.90. The molecular formula is C22H22N2O4. The van der Waals surface area contributed by atoms with Crippen molar-refractivity contribution < 1.29 is 19.1 Å². The zero-order chi connectivity index (χ0) is 19.7. The van der Waals surface area contributed by atoms with Crippen LogP contribution in [0.5, 0.6) is 0 Å². The molecule has 2 amide bonds. The average molecular weight is 378 g/mol. The van der Waals surface area contributed by atoms with Crippen molar-refractivity contribution in [3.05, 3.63) is 59.7 Å².